The van der Waals surface area contributed by atoms with Crippen LogP contribution in [0.4, 0.5) is 5.69 Å². The first-order valence-corrected chi connectivity index (χ1v) is 10.9. The normalized spacial score (nSPS) is 24.9. The fourth-order valence-electron chi connectivity index (χ4n) is 5.30. The van der Waals surface area contributed by atoms with Crippen molar-refractivity contribution < 1.29 is 9.59 Å². The number of carbonyl (C=O) groups excluding carboxylic acids is 2. The van der Waals surface area contributed by atoms with E-state index in [-0.39, 0.29) is 11.8 Å². The molecule has 3 aliphatic rings. The van der Waals surface area contributed by atoms with Gasteiger partial charge in [0.05, 0.1) is 0 Å². The number of anilines is 1. The summed E-state index contributed by atoms with van der Waals surface area (Å²) in [5.41, 5.74) is 2.34. The summed E-state index contributed by atoms with van der Waals surface area (Å²) in [5.74, 6) is 2.00. The highest BCUT2D eigenvalue weighted by Gasteiger charge is 2.32. The van der Waals surface area contributed by atoms with E-state index in [0.29, 0.717) is 19.3 Å². The molecular formula is C23H32N2O2. The van der Waals surface area contributed by atoms with E-state index in [9.17, 15) is 9.59 Å². The van der Waals surface area contributed by atoms with Crippen LogP contribution in [0.5, 0.6) is 0 Å². The van der Waals surface area contributed by atoms with Gasteiger partial charge >= 0.3 is 0 Å². The number of amides is 2. The maximum absolute atomic E-state index is 12.7. The molecule has 2 unspecified atom stereocenters. The number of rotatable bonds is 4. The van der Waals surface area contributed by atoms with Crippen molar-refractivity contribution in [1.29, 1.82) is 0 Å². The number of fused-ring (bicyclic) bond motifs is 2. The van der Waals surface area contributed by atoms with E-state index in [2.05, 4.69) is 11.0 Å². The minimum Gasteiger partial charge on any atom is -0.342 e. The number of likely N-dealkylation sites (tertiary alicyclic amines) is 1. The largest absolute Gasteiger partial charge is 0.342 e. The lowest BCUT2D eigenvalue weighted by Crippen LogP contribution is -2.44. The summed E-state index contributed by atoms with van der Waals surface area (Å²) in [7, 11) is 0. The van der Waals surface area contributed by atoms with Gasteiger partial charge in [0, 0.05) is 38.2 Å². The first-order valence-electron chi connectivity index (χ1n) is 10.9. The van der Waals surface area contributed by atoms with Crippen LogP contribution in [-0.4, -0.2) is 36.3 Å². The lowest BCUT2D eigenvalue weighted by Gasteiger charge is -2.41. The summed E-state index contributed by atoms with van der Waals surface area (Å²) in [5, 5.41) is 0. The molecule has 0 radical (unpaired) electrons. The number of aryl methyl sites for hydroxylation is 1. The smallest absolute Gasteiger partial charge is 0.226 e. The molecule has 4 nitrogen and oxygen atoms in total. The predicted octanol–water partition coefficient (Wildman–Crippen LogP) is 4.17. The summed E-state index contributed by atoms with van der Waals surface area (Å²) >= 11 is 0. The number of para-hydroxylation sites is 1. The van der Waals surface area contributed by atoms with Crippen molar-refractivity contribution in [2.75, 3.05) is 24.5 Å². The first-order chi connectivity index (χ1) is 13.2. The minimum absolute atomic E-state index is 0.168. The number of hydrogen-bond donors (Lipinski definition) is 0. The molecule has 0 N–H and O–H groups in total. The van der Waals surface area contributed by atoms with Crippen molar-refractivity contribution >= 4 is 17.5 Å². The van der Waals surface area contributed by atoms with Crippen LogP contribution < -0.4 is 4.90 Å². The highest BCUT2D eigenvalue weighted by atomic mass is 16.2. The summed E-state index contributed by atoms with van der Waals surface area (Å²) in [6, 6.07) is 8.21. The maximum Gasteiger partial charge on any atom is 0.226 e. The lowest BCUT2D eigenvalue weighted by molar-refractivity contribution is -0.134. The van der Waals surface area contributed by atoms with Crippen LogP contribution in [-0.2, 0) is 16.0 Å². The molecule has 2 atom stereocenters. The van der Waals surface area contributed by atoms with Gasteiger partial charge in [-0.1, -0.05) is 37.5 Å². The third kappa shape index (κ3) is 4.20. The molecule has 1 aromatic rings. The molecule has 0 spiro atoms. The molecule has 1 saturated heterocycles. The highest BCUT2D eigenvalue weighted by molar-refractivity contribution is 5.94. The second-order valence-corrected chi connectivity index (χ2v) is 8.56. The fraction of sp³-hybridized carbons (Fsp3) is 0.652. The molecule has 2 heterocycles. The van der Waals surface area contributed by atoms with Crippen molar-refractivity contribution in [1.82, 2.24) is 4.90 Å². The molecule has 0 aromatic heterocycles. The van der Waals surface area contributed by atoms with Crippen LogP contribution in [0, 0.1) is 11.8 Å². The molecule has 2 fully saturated rings. The van der Waals surface area contributed by atoms with E-state index in [1.165, 1.54) is 37.7 Å². The first kappa shape index (κ1) is 18.5. The van der Waals surface area contributed by atoms with Crippen LogP contribution in [0.25, 0.3) is 0 Å². The maximum atomic E-state index is 12.7. The van der Waals surface area contributed by atoms with E-state index in [1.807, 2.05) is 23.1 Å². The zero-order chi connectivity index (χ0) is 18.6. The molecule has 1 aromatic carbocycles. The third-order valence-electron chi connectivity index (χ3n) is 6.84. The van der Waals surface area contributed by atoms with Gasteiger partial charge in [-0.05, 0) is 55.6 Å². The molecular weight excluding hydrogens is 336 g/mol. The monoisotopic (exact) mass is 368 g/mol. The molecule has 146 valence electrons. The molecule has 2 aliphatic heterocycles. The Kier molecular flexibility index (Phi) is 5.80. The number of piperidine rings is 1. The van der Waals surface area contributed by atoms with E-state index in [4.69, 9.17) is 0 Å². The van der Waals surface area contributed by atoms with Crippen molar-refractivity contribution in [2.45, 2.75) is 64.2 Å². The molecule has 2 amide bonds. The topological polar surface area (TPSA) is 40.6 Å². The van der Waals surface area contributed by atoms with Gasteiger partial charge in [-0.3, -0.25) is 9.59 Å². The Morgan fingerprint density at radius 2 is 1.67 bits per heavy atom. The summed E-state index contributed by atoms with van der Waals surface area (Å²) < 4.78 is 0. The minimum atomic E-state index is 0.168. The van der Waals surface area contributed by atoms with Gasteiger partial charge in [0.25, 0.3) is 0 Å². The van der Waals surface area contributed by atoms with Crippen LogP contribution in [0.15, 0.2) is 24.3 Å². The van der Waals surface area contributed by atoms with Gasteiger partial charge in [-0.15, -0.1) is 0 Å². The molecule has 1 aliphatic carbocycles. The summed E-state index contributed by atoms with van der Waals surface area (Å²) in [4.78, 5) is 29.3. The summed E-state index contributed by atoms with van der Waals surface area (Å²) in [6.07, 6.45) is 10.3. The van der Waals surface area contributed by atoms with E-state index < -0.39 is 0 Å². The second kappa shape index (κ2) is 8.45. The van der Waals surface area contributed by atoms with E-state index in [0.717, 1.165) is 50.0 Å². The highest BCUT2D eigenvalue weighted by Crippen LogP contribution is 2.36. The predicted molar refractivity (Wildman–Crippen MR) is 108 cm³/mol. The van der Waals surface area contributed by atoms with Crippen molar-refractivity contribution in [3.05, 3.63) is 29.8 Å². The standard InChI is InChI=1S/C23H32N2O2/c26-22(24-16-14-18-7-1-2-9-20(18)17-24)12-5-13-23(27)25-15-6-10-19-8-3-4-11-21(19)25/h3-4,8,11,18,20H,1-2,5-7,9-10,12-17H2. The van der Waals surface area contributed by atoms with Crippen LogP contribution in [0.3, 0.4) is 0 Å². The Labute approximate surface area is 162 Å². The van der Waals surface area contributed by atoms with Gasteiger partial charge < -0.3 is 9.80 Å². The van der Waals surface area contributed by atoms with Crippen LogP contribution in [0.1, 0.15) is 63.4 Å². The number of benzene rings is 1. The van der Waals surface area contributed by atoms with Crippen molar-refractivity contribution in [3.8, 4) is 0 Å². The number of nitrogens with zero attached hydrogens (tertiary/aromatic N) is 2. The average molecular weight is 369 g/mol. The quantitative estimate of drug-likeness (QED) is 0.800. The SMILES string of the molecule is O=C(CCCC(=O)N1CCCc2ccccc21)N1CCC2CCCCC2C1. The van der Waals surface area contributed by atoms with Gasteiger partial charge in [-0.25, -0.2) is 0 Å². The van der Waals surface area contributed by atoms with Gasteiger partial charge in [0.15, 0.2) is 0 Å². The van der Waals surface area contributed by atoms with Crippen LogP contribution >= 0.6 is 0 Å². The Morgan fingerprint density at radius 1 is 0.889 bits per heavy atom. The van der Waals surface area contributed by atoms with Crippen molar-refractivity contribution in [2.24, 2.45) is 11.8 Å². The molecule has 4 heteroatoms. The van der Waals surface area contributed by atoms with Gasteiger partial charge in [0.2, 0.25) is 11.8 Å². The molecule has 1 saturated carbocycles. The zero-order valence-corrected chi connectivity index (χ0v) is 16.4. The zero-order valence-electron chi connectivity index (χ0n) is 16.4. The van der Waals surface area contributed by atoms with Gasteiger partial charge in [-0.2, -0.15) is 0 Å². The third-order valence-corrected chi connectivity index (χ3v) is 6.84. The molecule has 0 bridgehead atoms. The lowest BCUT2D eigenvalue weighted by atomic mass is 9.75. The Hall–Kier alpha value is -1.84. The second-order valence-electron chi connectivity index (χ2n) is 8.56. The average Bonchev–Trinajstić information content (AvgIpc) is 2.72. The fourth-order valence-corrected chi connectivity index (χ4v) is 5.30. The molecule has 27 heavy (non-hydrogen) atoms. The Morgan fingerprint density at radius 3 is 2.56 bits per heavy atom. The van der Waals surface area contributed by atoms with Crippen LogP contribution in [0.2, 0.25) is 0 Å². The van der Waals surface area contributed by atoms with Crippen molar-refractivity contribution in [3.63, 3.8) is 0 Å². The van der Waals surface area contributed by atoms with E-state index in [1.54, 1.807) is 0 Å². The Bertz CT molecular complexity index is 687. The summed E-state index contributed by atoms with van der Waals surface area (Å²) in [6.45, 7) is 2.68. The number of hydrogen-bond acceptors (Lipinski definition) is 2. The van der Waals surface area contributed by atoms with Gasteiger partial charge in [0.1, 0.15) is 0 Å². The Balaban J connectivity index is 1.25. The molecule has 4 rings (SSSR count). The number of carbonyl (C=O) groups is 2. The van der Waals surface area contributed by atoms with E-state index >= 15 is 0 Å².